The summed E-state index contributed by atoms with van der Waals surface area (Å²) in [6, 6.07) is 0. The Hall–Kier alpha value is -1.23. The van der Waals surface area contributed by atoms with Crippen molar-refractivity contribution in [2.75, 3.05) is 37.2 Å². The SMILES string of the molecule is CCCn1nc(C)c(N)c1NCCN1CCCC1. The van der Waals surface area contributed by atoms with Gasteiger partial charge < -0.3 is 16.0 Å². The van der Waals surface area contributed by atoms with Crippen LogP contribution in [0.5, 0.6) is 0 Å². The summed E-state index contributed by atoms with van der Waals surface area (Å²) in [7, 11) is 0. The first-order chi connectivity index (χ1) is 8.72. The lowest BCUT2D eigenvalue weighted by molar-refractivity contribution is 0.352. The molecule has 2 rings (SSSR count). The summed E-state index contributed by atoms with van der Waals surface area (Å²) in [6.07, 6.45) is 3.76. The maximum atomic E-state index is 6.07. The molecule has 0 aromatic carbocycles. The van der Waals surface area contributed by atoms with Gasteiger partial charge >= 0.3 is 0 Å². The van der Waals surface area contributed by atoms with Crippen LogP contribution in [-0.4, -0.2) is 40.9 Å². The van der Waals surface area contributed by atoms with Crippen molar-refractivity contribution < 1.29 is 0 Å². The van der Waals surface area contributed by atoms with E-state index < -0.39 is 0 Å². The second-order valence-corrected chi connectivity index (χ2v) is 5.05. The fourth-order valence-corrected chi connectivity index (χ4v) is 2.49. The van der Waals surface area contributed by atoms with Crippen LogP contribution in [0.15, 0.2) is 0 Å². The van der Waals surface area contributed by atoms with Gasteiger partial charge in [-0.15, -0.1) is 0 Å². The summed E-state index contributed by atoms with van der Waals surface area (Å²) in [5.41, 5.74) is 7.79. The molecule has 0 radical (unpaired) electrons. The standard InChI is InChI=1S/C13H25N5/c1-3-7-18-13(12(14)11(2)16-18)15-6-10-17-8-4-5-9-17/h15H,3-10,14H2,1-2H3. The van der Waals surface area contributed by atoms with Gasteiger partial charge in [-0.2, -0.15) is 5.10 Å². The number of hydrogen-bond donors (Lipinski definition) is 2. The highest BCUT2D eigenvalue weighted by atomic mass is 15.3. The van der Waals surface area contributed by atoms with E-state index in [9.17, 15) is 0 Å². The molecule has 1 fully saturated rings. The van der Waals surface area contributed by atoms with Gasteiger partial charge in [0.25, 0.3) is 0 Å². The fourth-order valence-electron chi connectivity index (χ4n) is 2.49. The first kappa shape index (κ1) is 13.2. The molecule has 5 nitrogen and oxygen atoms in total. The smallest absolute Gasteiger partial charge is 0.148 e. The Kier molecular flexibility index (Phi) is 4.47. The van der Waals surface area contributed by atoms with Crippen LogP contribution in [0.2, 0.25) is 0 Å². The van der Waals surface area contributed by atoms with Gasteiger partial charge in [0.2, 0.25) is 0 Å². The number of nitrogens with zero attached hydrogens (tertiary/aromatic N) is 3. The molecule has 0 saturated carbocycles. The zero-order chi connectivity index (χ0) is 13.0. The zero-order valence-corrected chi connectivity index (χ0v) is 11.6. The van der Waals surface area contributed by atoms with E-state index in [1.807, 2.05) is 11.6 Å². The summed E-state index contributed by atoms with van der Waals surface area (Å²) >= 11 is 0. The second-order valence-electron chi connectivity index (χ2n) is 5.05. The van der Waals surface area contributed by atoms with Crippen LogP contribution in [0.4, 0.5) is 11.5 Å². The fraction of sp³-hybridized carbons (Fsp3) is 0.769. The molecule has 0 atom stereocenters. The highest BCUT2D eigenvalue weighted by molar-refractivity contribution is 5.64. The third-order valence-corrected chi connectivity index (χ3v) is 3.53. The minimum Gasteiger partial charge on any atom is -0.394 e. The minimum absolute atomic E-state index is 0.796. The average molecular weight is 251 g/mol. The number of hydrogen-bond acceptors (Lipinski definition) is 4. The Bertz CT molecular complexity index is 379. The van der Waals surface area contributed by atoms with Gasteiger partial charge in [-0.25, -0.2) is 4.68 Å². The van der Waals surface area contributed by atoms with Crippen molar-refractivity contribution in [2.24, 2.45) is 0 Å². The molecule has 1 aliphatic heterocycles. The van der Waals surface area contributed by atoms with E-state index in [0.29, 0.717) is 0 Å². The first-order valence-electron chi connectivity index (χ1n) is 7.01. The van der Waals surface area contributed by atoms with Gasteiger partial charge in [0.05, 0.1) is 11.4 Å². The number of aromatic nitrogens is 2. The number of rotatable bonds is 6. The highest BCUT2D eigenvalue weighted by Crippen LogP contribution is 2.22. The minimum atomic E-state index is 0.796. The predicted octanol–water partition coefficient (Wildman–Crippen LogP) is 1.69. The molecule has 0 bridgehead atoms. The quantitative estimate of drug-likeness (QED) is 0.808. The number of aryl methyl sites for hydroxylation is 2. The molecule has 1 aliphatic rings. The Labute approximate surface area is 109 Å². The van der Waals surface area contributed by atoms with Gasteiger partial charge in [0.15, 0.2) is 0 Å². The summed E-state index contributed by atoms with van der Waals surface area (Å²) in [4.78, 5) is 2.50. The predicted molar refractivity (Wildman–Crippen MR) is 75.8 cm³/mol. The number of likely N-dealkylation sites (tertiary alicyclic amines) is 1. The van der Waals surface area contributed by atoms with Crippen molar-refractivity contribution in [2.45, 2.75) is 39.7 Å². The van der Waals surface area contributed by atoms with Crippen LogP contribution in [0, 0.1) is 6.92 Å². The molecule has 1 saturated heterocycles. The monoisotopic (exact) mass is 251 g/mol. The lowest BCUT2D eigenvalue weighted by atomic mass is 10.4. The molecule has 1 aromatic rings. The lowest BCUT2D eigenvalue weighted by Crippen LogP contribution is -2.26. The molecular weight excluding hydrogens is 226 g/mol. The van der Waals surface area contributed by atoms with Crippen LogP contribution < -0.4 is 11.1 Å². The summed E-state index contributed by atoms with van der Waals surface area (Å²) in [6.45, 7) is 9.56. The third kappa shape index (κ3) is 2.96. The molecular formula is C13H25N5. The molecule has 0 amide bonds. The largest absolute Gasteiger partial charge is 0.394 e. The molecule has 18 heavy (non-hydrogen) atoms. The molecule has 0 aliphatic carbocycles. The molecule has 2 heterocycles. The normalized spacial score (nSPS) is 16.3. The van der Waals surface area contributed by atoms with Crippen molar-refractivity contribution in [1.82, 2.24) is 14.7 Å². The summed E-state index contributed by atoms with van der Waals surface area (Å²) in [5, 5.41) is 7.91. The van der Waals surface area contributed by atoms with Gasteiger partial charge in [-0.05, 0) is 39.3 Å². The van der Waals surface area contributed by atoms with Gasteiger partial charge in [0.1, 0.15) is 5.82 Å². The Morgan fingerprint density at radius 1 is 1.28 bits per heavy atom. The van der Waals surface area contributed by atoms with Crippen molar-refractivity contribution in [3.05, 3.63) is 5.69 Å². The van der Waals surface area contributed by atoms with E-state index in [1.165, 1.54) is 25.9 Å². The molecule has 3 N–H and O–H groups in total. The molecule has 5 heteroatoms. The Morgan fingerprint density at radius 2 is 2.00 bits per heavy atom. The molecule has 102 valence electrons. The Balaban J connectivity index is 1.90. The summed E-state index contributed by atoms with van der Waals surface area (Å²) < 4.78 is 1.99. The number of nitrogen functional groups attached to an aromatic ring is 1. The van der Waals surface area contributed by atoms with Crippen LogP contribution >= 0.6 is 0 Å². The van der Waals surface area contributed by atoms with Gasteiger partial charge in [-0.3, -0.25) is 0 Å². The molecule has 0 spiro atoms. The number of nitrogens with one attached hydrogen (secondary N) is 1. The van der Waals surface area contributed by atoms with Crippen LogP contribution in [0.1, 0.15) is 31.9 Å². The van der Waals surface area contributed by atoms with Crippen molar-refractivity contribution in [3.63, 3.8) is 0 Å². The third-order valence-electron chi connectivity index (χ3n) is 3.53. The first-order valence-corrected chi connectivity index (χ1v) is 7.01. The maximum Gasteiger partial charge on any atom is 0.148 e. The van der Waals surface area contributed by atoms with Crippen LogP contribution in [0.3, 0.4) is 0 Å². The van der Waals surface area contributed by atoms with Crippen molar-refractivity contribution >= 4 is 11.5 Å². The topological polar surface area (TPSA) is 59.1 Å². The van der Waals surface area contributed by atoms with Crippen LogP contribution in [-0.2, 0) is 6.54 Å². The van der Waals surface area contributed by atoms with E-state index in [4.69, 9.17) is 5.73 Å². The number of nitrogens with two attached hydrogens (primary N) is 1. The average Bonchev–Trinajstić information content (AvgIpc) is 2.94. The second kappa shape index (κ2) is 6.09. The van der Waals surface area contributed by atoms with Gasteiger partial charge in [-0.1, -0.05) is 6.92 Å². The van der Waals surface area contributed by atoms with Crippen molar-refractivity contribution in [1.29, 1.82) is 0 Å². The molecule has 1 aromatic heterocycles. The summed E-state index contributed by atoms with van der Waals surface area (Å²) in [5.74, 6) is 0.994. The highest BCUT2D eigenvalue weighted by Gasteiger charge is 2.13. The van der Waals surface area contributed by atoms with Crippen LogP contribution in [0.25, 0.3) is 0 Å². The van der Waals surface area contributed by atoms with Crippen molar-refractivity contribution in [3.8, 4) is 0 Å². The maximum absolute atomic E-state index is 6.07. The van der Waals surface area contributed by atoms with E-state index in [-0.39, 0.29) is 0 Å². The number of anilines is 2. The Morgan fingerprint density at radius 3 is 2.67 bits per heavy atom. The molecule has 0 unspecified atom stereocenters. The zero-order valence-electron chi connectivity index (χ0n) is 11.6. The van der Waals surface area contributed by atoms with Gasteiger partial charge in [0, 0.05) is 19.6 Å². The van der Waals surface area contributed by atoms with E-state index in [0.717, 1.165) is 43.3 Å². The van der Waals surface area contributed by atoms with E-state index in [1.54, 1.807) is 0 Å². The lowest BCUT2D eigenvalue weighted by Gasteiger charge is -2.16. The van der Waals surface area contributed by atoms with E-state index >= 15 is 0 Å². The van der Waals surface area contributed by atoms with E-state index in [2.05, 4.69) is 22.2 Å².